The number of amides is 1. The van der Waals surface area contributed by atoms with Crippen molar-refractivity contribution in [3.05, 3.63) is 0 Å². The number of rotatable bonds is 3. The van der Waals surface area contributed by atoms with Crippen molar-refractivity contribution in [3.63, 3.8) is 0 Å². The lowest BCUT2D eigenvalue weighted by atomic mass is 9.95. The Bertz CT molecular complexity index is 121. The van der Waals surface area contributed by atoms with Gasteiger partial charge in [-0.25, -0.2) is 5.06 Å². The molecule has 0 aliphatic heterocycles. The summed E-state index contributed by atoms with van der Waals surface area (Å²) in [4.78, 5) is 15.3. The fraction of sp³-hybridized carbons (Fsp3) is 0.875. The molecule has 3 nitrogen and oxygen atoms in total. The van der Waals surface area contributed by atoms with Crippen LogP contribution in [0.25, 0.3) is 0 Å². The molecule has 0 saturated heterocycles. The van der Waals surface area contributed by atoms with Gasteiger partial charge >= 0.3 is 0 Å². The number of carbonyl (C=O) groups is 1. The van der Waals surface area contributed by atoms with E-state index in [1.807, 2.05) is 0 Å². The van der Waals surface area contributed by atoms with Crippen LogP contribution in [-0.2, 0) is 9.63 Å². The van der Waals surface area contributed by atoms with Gasteiger partial charge < -0.3 is 0 Å². The van der Waals surface area contributed by atoms with Gasteiger partial charge in [0.1, 0.15) is 0 Å². The van der Waals surface area contributed by atoms with E-state index in [4.69, 9.17) is 4.84 Å². The molecule has 0 unspecified atom stereocenters. The van der Waals surface area contributed by atoms with Crippen molar-refractivity contribution in [2.24, 2.45) is 0 Å². The topological polar surface area (TPSA) is 29.5 Å². The average Bonchev–Trinajstić information content (AvgIpc) is 2.09. The minimum absolute atomic E-state index is 0.325. The van der Waals surface area contributed by atoms with Gasteiger partial charge in [0, 0.05) is 0 Å². The Hall–Kier alpha value is -0.570. The maximum absolute atomic E-state index is 10.4. The first-order valence-corrected chi connectivity index (χ1v) is 4.16. The highest BCUT2D eigenvalue weighted by Gasteiger charge is 2.19. The summed E-state index contributed by atoms with van der Waals surface area (Å²) in [7, 11) is 1.54. The van der Waals surface area contributed by atoms with Crippen LogP contribution in [0.5, 0.6) is 0 Å². The van der Waals surface area contributed by atoms with E-state index in [1.165, 1.54) is 24.3 Å². The van der Waals surface area contributed by atoms with Crippen molar-refractivity contribution in [1.29, 1.82) is 0 Å². The Balaban J connectivity index is 2.35. The molecule has 0 aromatic rings. The number of nitrogens with zero attached hydrogens (tertiary/aromatic N) is 1. The van der Waals surface area contributed by atoms with E-state index in [-0.39, 0.29) is 0 Å². The number of hydroxylamine groups is 2. The Morgan fingerprint density at radius 3 is 2.45 bits per heavy atom. The van der Waals surface area contributed by atoms with Gasteiger partial charge in [-0.3, -0.25) is 9.63 Å². The van der Waals surface area contributed by atoms with Gasteiger partial charge in [-0.05, 0) is 12.8 Å². The summed E-state index contributed by atoms with van der Waals surface area (Å²) >= 11 is 0. The molecule has 64 valence electrons. The molecule has 0 spiro atoms. The SMILES string of the molecule is CON(C=O)C1CCCCC1. The summed E-state index contributed by atoms with van der Waals surface area (Å²) < 4.78 is 0. The zero-order chi connectivity index (χ0) is 8.10. The van der Waals surface area contributed by atoms with Crippen molar-refractivity contribution >= 4 is 6.41 Å². The Labute approximate surface area is 67.3 Å². The lowest BCUT2D eigenvalue weighted by Crippen LogP contribution is -2.34. The highest BCUT2D eigenvalue weighted by molar-refractivity contribution is 5.45. The molecule has 0 N–H and O–H groups in total. The summed E-state index contributed by atoms with van der Waals surface area (Å²) in [5, 5.41) is 1.43. The molecule has 0 aromatic heterocycles. The van der Waals surface area contributed by atoms with Gasteiger partial charge in [0.2, 0.25) is 6.41 Å². The third-order valence-electron chi connectivity index (χ3n) is 2.25. The molecule has 0 aromatic carbocycles. The number of hydrogen-bond acceptors (Lipinski definition) is 2. The lowest BCUT2D eigenvalue weighted by molar-refractivity contribution is -0.176. The summed E-state index contributed by atoms with van der Waals surface area (Å²) in [6, 6.07) is 0.325. The van der Waals surface area contributed by atoms with Crippen LogP contribution in [0.2, 0.25) is 0 Å². The van der Waals surface area contributed by atoms with E-state index >= 15 is 0 Å². The molecule has 0 heterocycles. The first-order valence-electron chi connectivity index (χ1n) is 4.16. The fourth-order valence-corrected chi connectivity index (χ4v) is 1.61. The molecule has 1 rings (SSSR count). The summed E-state index contributed by atoms with van der Waals surface area (Å²) in [6.07, 6.45) is 6.69. The number of carbonyl (C=O) groups excluding carboxylic acids is 1. The third kappa shape index (κ3) is 2.19. The normalized spacial score (nSPS) is 19.7. The van der Waals surface area contributed by atoms with Gasteiger partial charge in [0.05, 0.1) is 13.2 Å². The van der Waals surface area contributed by atoms with Crippen LogP contribution in [0, 0.1) is 0 Å². The standard InChI is InChI=1S/C8H15NO2/c1-11-9(7-10)8-5-3-2-4-6-8/h7-8H,2-6H2,1H3. The highest BCUT2D eigenvalue weighted by Crippen LogP contribution is 2.21. The van der Waals surface area contributed by atoms with Crippen LogP contribution >= 0.6 is 0 Å². The molecule has 1 saturated carbocycles. The lowest BCUT2D eigenvalue weighted by Gasteiger charge is -2.28. The summed E-state index contributed by atoms with van der Waals surface area (Å²) in [5.74, 6) is 0. The minimum Gasteiger partial charge on any atom is -0.276 e. The predicted octanol–water partition coefficient (Wildman–Crippen LogP) is 1.34. The van der Waals surface area contributed by atoms with E-state index in [9.17, 15) is 4.79 Å². The molecule has 1 fully saturated rings. The minimum atomic E-state index is 0.325. The van der Waals surface area contributed by atoms with Crippen LogP contribution in [0.3, 0.4) is 0 Å². The molecule has 0 atom stereocenters. The van der Waals surface area contributed by atoms with Crippen LogP contribution in [-0.4, -0.2) is 24.6 Å². The zero-order valence-corrected chi connectivity index (χ0v) is 6.95. The predicted molar refractivity (Wildman–Crippen MR) is 41.8 cm³/mol. The molecule has 1 amide bonds. The van der Waals surface area contributed by atoms with Crippen molar-refractivity contribution in [1.82, 2.24) is 5.06 Å². The van der Waals surface area contributed by atoms with Crippen LogP contribution in [0.4, 0.5) is 0 Å². The van der Waals surface area contributed by atoms with Crippen molar-refractivity contribution in [3.8, 4) is 0 Å². The van der Waals surface area contributed by atoms with Gasteiger partial charge in [0.25, 0.3) is 0 Å². The third-order valence-corrected chi connectivity index (χ3v) is 2.25. The van der Waals surface area contributed by atoms with Gasteiger partial charge in [-0.15, -0.1) is 0 Å². The molecule has 1 aliphatic carbocycles. The molecular formula is C8H15NO2. The maximum atomic E-state index is 10.4. The molecule has 0 radical (unpaired) electrons. The summed E-state index contributed by atoms with van der Waals surface area (Å²) in [6.45, 7) is 0. The average molecular weight is 157 g/mol. The van der Waals surface area contributed by atoms with E-state index < -0.39 is 0 Å². The second-order valence-electron chi connectivity index (χ2n) is 2.94. The molecule has 0 bridgehead atoms. The first kappa shape index (κ1) is 8.53. The Morgan fingerprint density at radius 1 is 1.36 bits per heavy atom. The van der Waals surface area contributed by atoms with E-state index in [2.05, 4.69) is 0 Å². The van der Waals surface area contributed by atoms with Gasteiger partial charge in [-0.1, -0.05) is 19.3 Å². The first-order chi connectivity index (χ1) is 5.38. The smallest absolute Gasteiger partial charge is 0.233 e. The molecule has 11 heavy (non-hydrogen) atoms. The Morgan fingerprint density at radius 2 is 2.00 bits per heavy atom. The molecule has 1 aliphatic rings. The van der Waals surface area contributed by atoms with Gasteiger partial charge in [-0.2, -0.15) is 0 Å². The Kier molecular flexibility index (Phi) is 3.36. The van der Waals surface area contributed by atoms with Crippen LogP contribution in [0.15, 0.2) is 0 Å². The maximum Gasteiger partial charge on any atom is 0.233 e. The highest BCUT2D eigenvalue weighted by atomic mass is 16.7. The molecule has 3 heteroatoms. The summed E-state index contributed by atoms with van der Waals surface area (Å²) in [5.41, 5.74) is 0. The monoisotopic (exact) mass is 157 g/mol. The zero-order valence-electron chi connectivity index (χ0n) is 6.95. The fourth-order valence-electron chi connectivity index (χ4n) is 1.61. The van der Waals surface area contributed by atoms with E-state index in [0.29, 0.717) is 6.04 Å². The van der Waals surface area contributed by atoms with Crippen LogP contribution in [0.1, 0.15) is 32.1 Å². The second kappa shape index (κ2) is 4.34. The van der Waals surface area contributed by atoms with Crippen molar-refractivity contribution in [2.75, 3.05) is 7.11 Å². The molecular weight excluding hydrogens is 142 g/mol. The van der Waals surface area contributed by atoms with E-state index in [1.54, 1.807) is 7.11 Å². The van der Waals surface area contributed by atoms with Crippen molar-refractivity contribution in [2.45, 2.75) is 38.1 Å². The van der Waals surface area contributed by atoms with E-state index in [0.717, 1.165) is 19.3 Å². The largest absolute Gasteiger partial charge is 0.276 e. The van der Waals surface area contributed by atoms with Crippen LogP contribution < -0.4 is 0 Å². The second-order valence-corrected chi connectivity index (χ2v) is 2.94. The quantitative estimate of drug-likeness (QED) is 0.457. The number of hydrogen-bond donors (Lipinski definition) is 0. The van der Waals surface area contributed by atoms with Gasteiger partial charge in [0.15, 0.2) is 0 Å². The van der Waals surface area contributed by atoms with Crippen molar-refractivity contribution < 1.29 is 9.63 Å².